The van der Waals surface area contributed by atoms with Crippen molar-refractivity contribution in [3.8, 4) is 11.5 Å². The molecule has 2 amide bonds. The molecule has 3 N–H and O–H groups in total. The Morgan fingerprint density at radius 3 is 1.60 bits per heavy atom. The van der Waals surface area contributed by atoms with Gasteiger partial charge in [-0.25, -0.2) is 14.6 Å². The summed E-state index contributed by atoms with van der Waals surface area (Å²) in [5.74, 6) is 0.985. The molecule has 9 heteroatoms. The molecule has 2 aromatic carbocycles. The lowest BCUT2D eigenvalue weighted by atomic mass is 9.81. The molecule has 0 aromatic heterocycles. The molecule has 0 heterocycles. The van der Waals surface area contributed by atoms with Gasteiger partial charge < -0.3 is 19.3 Å². The number of aryl methyl sites for hydroxylation is 2. The van der Waals surface area contributed by atoms with E-state index >= 15 is 0 Å². The standard InChI is InChI=1S/C39H61N3O6/c1-15-17-26-22-30(37(6,7)8)23-27(31(26)43)20-28-24-29(36(3,4)5)21-25(16-2)32(28)46-19-18-40-33(41-34(44)47-38(9,10)11)42-35(45)48-39(12,13)14/h21-24,43H,15-20H2,1-14H3,(H2,40,41,42,44,45). The van der Waals surface area contributed by atoms with Crippen LogP contribution in [0.3, 0.4) is 0 Å². The second-order valence-corrected chi connectivity index (χ2v) is 16.4. The molecule has 0 saturated carbocycles. The first-order valence-corrected chi connectivity index (χ1v) is 17.1. The van der Waals surface area contributed by atoms with Crippen molar-refractivity contribution in [1.29, 1.82) is 0 Å². The van der Waals surface area contributed by atoms with Gasteiger partial charge in [0, 0.05) is 6.42 Å². The lowest BCUT2D eigenvalue weighted by Gasteiger charge is -2.25. The molecule has 0 aliphatic heterocycles. The molecule has 0 spiro atoms. The van der Waals surface area contributed by atoms with E-state index in [4.69, 9.17) is 14.2 Å². The van der Waals surface area contributed by atoms with Crippen molar-refractivity contribution in [2.75, 3.05) is 13.2 Å². The van der Waals surface area contributed by atoms with Crippen molar-refractivity contribution in [1.82, 2.24) is 10.6 Å². The third kappa shape index (κ3) is 13.0. The fraction of sp³-hybridized carbons (Fsp3) is 0.615. The number of carbonyl (C=O) groups is 2. The van der Waals surface area contributed by atoms with Gasteiger partial charge in [-0.1, -0.05) is 86.1 Å². The normalized spacial score (nSPS) is 12.3. The third-order valence-corrected chi connectivity index (χ3v) is 7.37. The highest BCUT2D eigenvalue weighted by atomic mass is 16.6. The number of hydrogen-bond donors (Lipinski definition) is 3. The summed E-state index contributed by atoms with van der Waals surface area (Å²) in [6, 6.07) is 8.62. The number of ether oxygens (including phenoxy) is 3. The highest BCUT2D eigenvalue weighted by Gasteiger charge is 2.24. The minimum Gasteiger partial charge on any atom is -0.507 e. The summed E-state index contributed by atoms with van der Waals surface area (Å²) in [6.07, 6.45) is 1.45. The van der Waals surface area contributed by atoms with E-state index in [9.17, 15) is 14.7 Å². The molecule has 2 rings (SSSR count). The summed E-state index contributed by atoms with van der Waals surface area (Å²) in [4.78, 5) is 29.5. The van der Waals surface area contributed by atoms with Crippen molar-refractivity contribution in [2.24, 2.45) is 4.99 Å². The van der Waals surface area contributed by atoms with Crippen LogP contribution in [0, 0.1) is 0 Å². The number of guanidine groups is 1. The van der Waals surface area contributed by atoms with Gasteiger partial charge in [-0.3, -0.25) is 10.6 Å². The molecule has 0 atom stereocenters. The molecule has 48 heavy (non-hydrogen) atoms. The molecule has 0 radical (unpaired) electrons. The summed E-state index contributed by atoms with van der Waals surface area (Å²) in [5, 5.41) is 16.5. The predicted octanol–water partition coefficient (Wildman–Crippen LogP) is 8.88. The number of rotatable bonds is 9. The maximum absolute atomic E-state index is 12.5. The van der Waals surface area contributed by atoms with Crippen LogP contribution in [0.1, 0.15) is 137 Å². The van der Waals surface area contributed by atoms with Crippen LogP contribution in [0.25, 0.3) is 0 Å². The fourth-order valence-corrected chi connectivity index (χ4v) is 4.98. The van der Waals surface area contributed by atoms with E-state index in [0.717, 1.165) is 47.3 Å². The number of nitrogens with one attached hydrogen (secondary N) is 2. The Morgan fingerprint density at radius 1 is 0.708 bits per heavy atom. The fourth-order valence-electron chi connectivity index (χ4n) is 4.98. The van der Waals surface area contributed by atoms with E-state index in [-0.39, 0.29) is 29.9 Å². The molecule has 0 aliphatic rings. The maximum atomic E-state index is 12.5. The average molecular weight is 668 g/mol. The molecule has 0 aliphatic carbocycles. The summed E-state index contributed by atoms with van der Waals surface area (Å²) >= 11 is 0. The molecular weight excluding hydrogens is 606 g/mol. The highest BCUT2D eigenvalue weighted by Crippen LogP contribution is 2.38. The number of amides is 2. The van der Waals surface area contributed by atoms with E-state index in [2.05, 4.69) is 95.3 Å². The van der Waals surface area contributed by atoms with Crippen LogP contribution in [0.15, 0.2) is 29.3 Å². The van der Waals surface area contributed by atoms with Crippen molar-refractivity contribution < 1.29 is 28.9 Å². The number of phenolic OH excluding ortho intramolecular Hbond substituents is 1. The Kier molecular flexibility index (Phi) is 13.6. The highest BCUT2D eigenvalue weighted by molar-refractivity contribution is 6.01. The Bertz CT molecular complexity index is 1420. The van der Waals surface area contributed by atoms with Gasteiger partial charge in [0.2, 0.25) is 5.96 Å². The van der Waals surface area contributed by atoms with Gasteiger partial charge in [0.15, 0.2) is 0 Å². The molecule has 0 fully saturated rings. The van der Waals surface area contributed by atoms with Gasteiger partial charge in [-0.15, -0.1) is 0 Å². The van der Waals surface area contributed by atoms with Crippen LogP contribution in [-0.2, 0) is 39.6 Å². The quantitative estimate of drug-likeness (QED) is 0.140. The molecule has 268 valence electrons. The number of aromatic hydroxyl groups is 1. The van der Waals surface area contributed by atoms with Gasteiger partial charge in [0.05, 0.1) is 6.54 Å². The Hall–Kier alpha value is -3.75. The number of aliphatic imine (C=N–C) groups is 1. The first-order chi connectivity index (χ1) is 21.9. The summed E-state index contributed by atoms with van der Waals surface area (Å²) < 4.78 is 17.2. The van der Waals surface area contributed by atoms with Crippen LogP contribution in [0.4, 0.5) is 9.59 Å². The average Bonchev–Trinajstić information content (AvgIpc) is 2.90. The van der Waals surface area contributed by atoms with Crippen molar-refractivity contribution in [3.05, 3.63) is 57.6 Å². The zero-order chi connectivity index (χ0) is 36.7. The smallest absolute Gasteiger partial charge is 0.414 e. The van der Waals surface area contributed by atoms with E-state index in [1.54, 1.807) is 41.5 Å². The second kappa shape index (κ2) is 16.1. The number of nitrogens with zero attached hydrogens (tertiary/aromatic N) is 1. The number of carbonyl (C=O) groups excluding carboxylic acids is 2. The molecule has 0 unspecified atom stereocenters. The Labute approximate surface area is 289 Å². The van der Waals surface area contributed by atoms with Gasteiger partial charge in [0.25, 0.3) is 0 Å². The van der Waals surface area contributed by atoms with Crippen LogP contribution in [0.5, 0.6) is 11.5 Å². The maximum Gasteiger partial charge on any atom is 0.414 e. The topological polar surface area (TPSA) is 118 Å². The second-order valence-electron chi connectivity index (χ2n) is 16.4. The zero-order valence-corrected chi connectivity index (χ0v) is 32.0. The van der Waals surface area contributed by atoms with Crippen LogP contribution in [-0.4, -0.2) is 47.6 Å². The largest absolute Gasteiger partial charge is 0.507 e. The first-order valence-electron chi connectivity index (χ1n) is 17.1. The lowest BCUT2D eigenvalue weighted by molar-refractivity contribution is 0.0544. The number of alkyl carbamates (subject to hydrolysis) is 2. The number of hydrogen-bond acceptors (Lipinski definition) is 7. The van der Waals surface area contributed by atoms with E-state index < -0.39 is 23.4 Å². The molecule has 0 bridgehead atoms. The van der Waals surface area contributed by atoms with Crippen LogP contribution < -0.4 is 15.4 Å². The van der Waals surface area contributed by atoms with Gasteiger partial charge in [-0.05, 0) is 98.6 Å². The zero-order valence-electron chi connectivity index (χ0n) is 32.0. The monoisotopic (exact) mass is 667 g/mol. The molecule has 9 nitrogen and oxygen atoms in total. The van der Waals surface area contributed by atoms with Gasteiger partial charge in [-0.2, -0.15) is 0 Å². The molecular formula is C39H61N3O6. The summed E-state index contributed by atoms with van der Waals surface area (Å²) in [5.41, 5.74) is 4.57. The minimum absolute atomic E-state index is 0.0809. The lowest BCUT2D eigenvalue weighted by Crippen LogP contribution is -2.47. The minimum atomic E-state index is -0.758. The number of benzene rings is 2. The van der Waals surface area contributed by atoms with Crippen molar-refractivity contribution in [2.45, 2.75) is 145 Å². The van der Waals surface area contributed by atoms with E-state index in [1.807, 2.05) is 0 Å². The first kappa shape index (κ1) is 40.4. The van der Waals surface area contributed by atoms with Crippen molar-refractivity contribution in [3.63, 3.8) is 0 Å². The van der Waals surface area contributed by atoms with Crippen LogP contribution in [0.2, 0.25) is 0 Å². The Morgan fingerprint density at radius 2 is 1.17 bits per heavy atom. The van der Waals surface area contributed by atoms with Gasteiger partial charge in [0.1, 0.15) is 29.3 Å². The van der Waals surface area contributed by atoms with Crippen molar-refractivity contribution >= 4 is 18.1 Å². The SMILES string of the molecule is CCCc1cc(C(C)(C)C)cc(Cc2cc(C(C)(C)C)cc(CC)c2OCCN=C(NC(=O)OC(C)(C)C)NC(=O)OC(C)(C)C)c1O. The third-order valence-electron chi connectivity index (χ3n) is 7.37. The van der Waals surface area contributed by atoms with E-state index in [0.29, 0.717) is 12.2 Å². The molecule has 0 saturated heterocycles. The summed E-state index contributed by atoms with van der Waals surface area (Å²) in [6.45, 7) is 28.1. The summed E-state index contributed by atoms with van der Waals surface area (Å²) in [7, 11) is 0. The van der Waals surface area contributed by atoms with E-state index in [1.165, 1.54) is 11.1 Å². The molecule has 2 aromatic rings. The Balaban J connectivity index is 2.50. The van der Waals surface area contributed by atoms with Crippen LogP contribution >= 0.6 is 0 Å². The number of phenols is 1. The predicted molar refractivity (Wildman–Crippen MR) is 195 cm³/mol. The van der Waals surface area contributed by atoms with Gasteiger partial charge >= 0.3 is 12.2 Å².